The molecule has 3 N–H and O–H groups in total. The van der Waals surface area contributed by atoms with Gasteiger partial charge in [-0.15, -0.1) is 0 Å². The van der Waals surface area contributed by atoms with Crippen LogP contribution < -0.4 is 15.5 Å². The molecule has 1 aliphatic heterocycles. The van der Waals surface area contributed by atoms with Crippen LogP contribution in [-0.2, 0) is 4.79 Å². The topological polar surface area (TPSA) is 82.4 Å². The number of hydrogen-bond donors (Lipinski definition) is 3. The maximum Gasteiger partial charge on any atom is 0.224 e. The number of amides is 1. The predicted octanol–water partition coefficient (Wildman–Crippen LogP) is 6.03. The maximum atomic E-state index is 12.0. The van der Waals surface area contributed by atoms with Crippen LogP contribution >= 0.6 is 12.2 Å². The molecule has 0 aliphatic carbocycles. The van der Waals surface area contributed by atoms with E-state index in [-0.39, 0.29) is 23.7 Å². The molecule has 1 fully saturated rings. The highest BCUT2D eigenvalue weighted by Gasteiger charge is 2.42. The van der Waals surface area contributed by atoms with Crippen molar-refractivity contribution >= 4 is 34.6 Å². The average Bonchev–Trinajstić information content (AvgIpc) is 3.41. The Hall–Kier alpha value is -4.17. The van der Waals surface area contributed by atoms with Crippen molar-refractivity contribution in [1.82, 2.24) is 14.9 Å². The number of carbonyl (C=O) groups excluding carboxylic acids is 1. The van der Waals surface area contributed by atoms with Gasteiger partial charge in [0.05, 0.1) is 23.5 Å². The van der Waals surface area contributed by atoms with E-state index in [1.165, 1.54) is 0 Å². The highest BCUT2D eigenvalue weighted by Crippen LogP contribution is 2.44. The molecule has 7 nitrogen and oxygen atoms in total. The smallest absolute Gasteiger partial charge is 0.224 e. The third-order valence-electron chi connectivity index (χ3n) is 7.09. The molecule has 2 aromatic carbocycles. The van der Waals surface area contributed by atoms with Crippen molar-refractivity contribution in [1.29, 1.82) is 0 Å². The molecule has 38 heavy (non-hydrogen) atoms. The lowest BCUT2D eigenvalue weighted by molar-refractivity contribution is -0.115. The average molecular weight is 526 g/mol. The summed E-state index contributed by atoms with van der Waals surface area (Å²) in [4.78, 5) is 18.8. The number of carbonyl (C=O) groups is 1. The maximum absolute atomic E-state index is 12.0. The number of phenols is 1. The van der Waals surface area contributed by atoms with E-state index in [1.54, 1.807) is 12.3 Å². The summed E-state index contributed by atoms with van der Waals surface area (Å²) >= 11 is 5.91. The van der Waals surface area contributed by atoms with E-state index in [0.717, 1.165) is 45.3 Å². The molecule has 1 amide bonds. The third-order valence-corrected chi connectivity index (χ3v) is 7.41. The number of rotatable bonds is 6. The van der Waals surface area contributed by atoms with E-state index in [2.05, 4.69) is 44.1 Å². The van der Waals surface area contributed by atoms with E-state index in [1.807, 2.05) is 69.3 Å². The van der Waals surface area contributed by atoms with Crippen molar-refractivity contribution in [2.75, 3.05) is 10.2 Å². The SMILES string of the molecule is CCC(=O)Nc1ccc(N2C(=S)NC(c3ccccn3)C2c2cc(C)n(-c3ccccc3O)c2C)cc1C. The van der Waals surface area contributed by atoms with Crippen molar-refractivity contribution in [3.05, 3.63) is 101 Å². The minimum atomic E-state index is -0.196. The number of phenolic OH excluding ortho intramolecular Hbond substituents is 1. The minimum absolute atomic E-state index is 0.0242. The van der Waals surface area contributed by atoms with Gasteiger partial charge in [-0.25, -0.2) is 0 Å². The monoisotopic (exact) mass is 525 g/mol. The first-order chi connectivity index (χ1) is 18.3. The third kappa shape index (κ3) is 4.52. The number of benzene rings is 2. The first kappa shape index (κ1) is 25.5. The standard InChI is InChI=1S/C30H31N5O2S/c1-5-27(37)32-23-14-13-21(16-18(23)2)35-29(28(33-30(35)38)24-10-8-9-15-31-24)22-17-19(3)34(20(22)4)25-11-6-7-12-26(25)36/h6-17,28-29,36H,5H2,1-4H3,(H,32,37)(H,33,38). The Morgan fingerprint density at radius 2 is 1.84 bits per heavy atom. The lowest BCUT2D eigenvalue weighted by Crippen LogP contribution is -2.29. The molecular weight excluding hydrogens is 494 g/mol. The molecule has 1 aliphatic rings. The Morgan fingerprint density at radius 1 is 1.08 bits per heavy atom. The summed E-state index contributed by atoms with van der Waals surface area (Å²) in [5.74, 6) is 0.197. The van der Waals surface area contributed by atoms with Crippen LogP contribution in [0.3, 0.4) is 0 Å². The number of nitrogens with zero attached hydrogens (tertiary/aromatic N) is 3. The Kier molecular flexibility index (Phi) is 6.91. The Balaban J connectivity index is 1.64. The van der Waals surface area contributed by atoms with Gasteiger partial charge in [0.2, 0.25) is 5.91 Å². The van der Waals surface area contributed by atoms with Crippen LogP contribution in [0.1, 0.15) is 53.6 Å². The molecule has 2 aromatic heterocycles. The zero-order chi connectivity index (χ0) is 27.0. The van der Waals surface area contributed by atoms with Gasteiger partial charge in [-0.1, -0.05) is 25.1 Å². The number of aromatic nitrogens is 2. The summed E-state index contributed by atoms with van der Waals surface area (Å²) in [6.07, 6.45) is 2.21. The fourth-order valence-electron chi connectivity index (χ4n) is 5.24. The van der Waals surface area contributed by atoms with Gasteiger partial charge in [0, 0.05) is 35.4 Å². The molecule has 194 valence electrons. The van der Waals surface area contributed by atoms with E-state index in [4.69, 9.17) is 12.2 Å². The van der Waals surface area contributed by atoms with Gasteiger partial charge < -0.3 is 25.2 Å². The predicted molar refractivity (Wildman–Crippen MR) is 155 cm³/mol. The van der Waals surface area contributed by atoms with Gasteiger partial charge in [-0.2, -0.15) is 0 Å². The van der Waals surface area contributed by atoms with Crippen LogP contribution in [0.4, 0.5) is 11.4 Å². The molecule has 4 aromatic rings. The lowest BCUT2D eigenvalue weighted by Gasteiger charge is -2.29. The van der Waals surface area contributed by atoms with Crippen molar-refractivity contribution in [2.45, 2.75) is 46.2 Å². The van der Waals surface area contributed by atoms with Crippen molar-refractivity contribution in [3.63, 3.8) is 0 Å². The van der Waals surface area contributed by atoms with Crippen LogP contribution in [0.2, 0.25) is 0 Å². The summed E-state index contributed by atoms with van der Waals surface area (Å²) in [5.41, 5.74) is 7.37. The molecule has 0 bridgehead atoms. The van der Waals surface area contributed by atoms with E-state index in [0.29, 0.717) is 11.5 Å². The molecule has 1 saturated heterocycles. The molecule has 0 saturated carbocycles. The summed E-state index contributed by atoms with van der Waals surface area (Å²) in [6.45, 7) is 7.93. The minimum Gasteiger partial charge on any atom is -0.506 e. The van der Waals surface area contributed by atoms with Gasteiger partial charge in [-0.3, -0.25) is 9.78 Å². The lowest BCUT2D eigenvalue weighted by atomic mass is 9.96. The van der Waals surface area contributed by atoms with Crippen molar-refractivity contribution in [3.8, 4) is 11.4 Å². The number of para-hydroxylation sites is 2. The van der Waals surface area contributed by atoms with Gasteiger partial charge in [0.25, 0.3) is 0 Å². The van der Waals surface area contributed by atoms with Crippen LogP contribution in [-0.4, -0.2) is 25.7 Å². The zero-order valence-electron chi connectivity index (χ0n) is 21.9. The number of pyridine rings is 1. The molecule has 3 heterocycles. The van der Waals surface area contributed by atoms with Gasteiger partial charge >= 0.3 is 0 Å². The first-order valence-electron chi connectivity index (χ1n) is 12.7. The quantitative estimate of drug-likeness (QED) is 0.267. The Morgan fingerprint density at radius 3 is 2.53 bits per heavy atom. The molecule has 0 radical (unpaired) electrons. The normalized spacial score (nSPS) is 16.9. The number of aromatic hydroxyl groups is 1. The largest absolute Gasteiger partial charge is 0.506 e. The Labute approximate surface area is 228 Å². The Bertz CT molecular complexity index is 1510. The summed E-state index contributed by atoms with van der Waals surface area (Å²) < 4.78 is 2.08. The number of anilines is 2. The molecular formula is C30H31N5O2S. The fourth-order valence-corrected chi connectivity index (χ4v) is 5.58. The summed E-state index contributed by atoms with van der Waals surface area (Å²) in [6, 6.07) is 21.0. The first-order valence-corrected chi connectivity index (χ1v) is 13.1. The van der Waals surface area contributed by atoms with Gasteiger partial charge in [0.15, 0.2) is 5.11 Å². The fraction of sp³-hybridized carbons (Fsp3) is 0.233. The number of thiocarbonyl (C=S) groups is 1. The van der Waals surface area contributed by atoms with Crippen LogP contribution in [0, 0.1) is 20.8 Å². The number of hydrogen-bond acceptors (Lipinski definition) is 4. The second kappa shape index (κ2) is 10.3. The number of nitrogens with one attached hydrogen (secondary N) is 2. The van der Waals surface area contributed by atoms with Crippen LogP contribution in [0.15, 0.2) is 72.9 Å². The van der Waals surface area contributed by atoms with Crippen molar-refractivity contribution in [2.24, 2.45) is 0 Å². The second-order valence-corrected chi connectivity index (χ2v) is 9.93. The highest BCUT2D eigenvalue weighted by atomic mass is 32.1. The highest BCUT2D eigenvalue weighted by molar-refractivity contribution is 7.80. The van der Waals surface area contributed by atoms with Crippen LogP contribution in [0.5, 0.6) is 5.75 Å². The number of aryl methyl sites for hydroxylation is 2. The van der Waals surface area contributed by atoms with E-state index in [9.17, 15) is 9.90 Å². The molecule has 5 rings (SSSR count). The summed E-state index contributed by atoms with van der Waals surface area (Å²) in [5, 5.41) is 17.7. The molecule has 2 atom stereocenters. The summed E-state index contributed by atoms with van der Waals surface area (Å²) in [7, 11) is 0. The zero-order valence-corrected chi connectivity index (χ0v) is 22.7. The molecule has 2 unspecified atom stereocenters. The van der Waals surface area contributed by atoms with Gasteiger partial charge in [-0.05, 0) is 92.6 Å². The molecule has 8 heteroatoms. The van der Waals surface area contributed by atoms with Gasteiger partial charge in [0.1, 0.15) is 5.75 Å². The van der Waals surface area contributed by atoms with E-state index < -0.39 is 0 Å². The molecule has 0 spiro atoms. The van der Waals surface area contributed by atoms with Crippen molar-refractivity contribution < 1.29 is 9.90 Å². The van der Waals surface area contributed by atoms with E-state index >= 15 is 0 Å². The van der Waals surface area contributed by atoms with Crippen LogP contribution in [0.25, 0.3) is 5.69 Å². The second-order valence-electron chi connectivity index (χ2n) is 9.55.